The molecule has 0 unspecified atom stereocenters. The number of carboxylic acids is 1. The lowest BCUT2D eigenvalue weighted by molar-refractivity contribution is -0.167. The van der Waals surface area contributed by atoms with Gasteiger partial charge >= 0.3 is 18.1 Å². The van der Waals surface area contributed by atoms with E-state index in [1.165, 1.54) is 0 Å². The largest absolute Gasteiger partial charge is 0.477 e. The van der Waals surface area contributed by atoms with E-state index in [0.717, 1.165) is 12.1 Å². The monoisotopic (exact) mass is 239 g/mol. The van der Waals surface area contributed by atoms with Crippen LogP contribution in [-0.4, -0.2) is 23.2 Å². The second-order valence-corrected chi connectivity index (χ2v) is 3.50. The molecule has 0 atom stereocenters. The van der Waals surface area contributed by atoms with Gasteiger partial charge in [-0.25, -0.2) is 4.79 Å². The number of nitrogens with one attached hydrogen (secondary N) is 1. The fraction of sp³-hybridized carbons (Fsp3) is 0.143. The van der Waals surface area contributed by atoms with Crippen molar-refractivity contribution in [1.29, 1.82) is 0 Å². The van der Waals surface area contributed by atoms with Crippen LogP contribution in [0.15, 0.2) is 12.1 Å². The van der Waals surface area contributed by atoms with Crippen LogP contribution in [0.4, 0.5) is 18.2 Å². The SMILES string of the molecule is O=C(O)c1ccc(NC(=O)C(F)(F)F)s1. The topological polar surface area (TPSA) is 66.4 Å². The molecular weight excluding hydrogens is 235 g/mol. The van der Waals surface area contributed by atoms with Crippen molar-refractivity contribution in [3.05, 3.63) is 17.0 Å². The molecule has 0 spiro atoms. The number of carboxylic acid groups (broad SMARTS) is 1. The van der Waals surface area contributed by atoms with Crippen LogP contribution in [0.5, 0.6) is 0 Å². The molecule has 0 aliphatic carbocycles. The Bertz CT molecular complexity index is 398. The maximum Gasteiger partial charge on any atom is 0.471 e. The van der Waals surface area contributed by atoms with Crippen molar-refractivity contribution >= 4 is 28.2 Å². The molecule has 0 aliphatic heterocycles. The summed E-state index contributed by atoms with van der Waals surface area (Å²) in [5.74, 6) is -3.38. The van der Waals surface area contributed by atoms with Crippen LogP contribution in [0.2, 0.25) is 0 Å². The van der Waals surface area contributed by atoms with Gasteiger partial charge in [-0.3, -0.25) is 4.79 Å². The van der Waals surface area contributed by atoms with Gasteiger partial charge in [0.1, 0.15) is 4.88 Å². The van der Waals surface area contributed by atoms with Gasteiger partial charge in [0.2, 0.25) is 0 Å². The third-order valence-electron chi connectivity index (χ3n) is 1.31. The summed E-state index contributed by atoms with van der Waals surface area (Å²) in [6, 6.07) is 2.21. The van der Waals surface area contributed by atoms with Crippen LogP contribution in [0.25, 0.3) is 0 Å². The number of thiophene rings is 1. The molecule has 8 heteroatoms. The number of alkyl halides is 3. The number of hydrogen-bond donors (Lipinski definition) is 2. The second kappa shape index (κ2) is 3.89. The first-order chi connectivity index (χ1) is 6.80. The van der Waals surface area contributed by atoms with E-state index < -0.39 is 18.1 Å². The summed E-state index contributed by atoms with van der Waals surface area (Å²) in [5.41, 5.74) is 0. The van der Waals surface area contributed by atoms with E-state index in [9.17, 15) is 22.8 Å². The molecule has 0 aromatic carbocycles. The first-order valence-electron chi connectivity index (χ1n) is 3.52. The lowest BCUT2D eigenvalue weighted by Gasteiger charge is -2.04. The molecule has 4 nitrogen and oxygen atoms in total. The molecule has 0 fully saturated rings. The highest BCUT2D eigenvalue weighted by Gasteiger charge is 2.38. The average molecular weight is 239 g/mol. The molecule has 82 valence electrons. The fourth-order valence-corrected chi connectivity index (χ4v) is 1.44. The van der Waals surface area contributed by atoms with Crippen LogP contribution < -0.4 is 5.32 Å². The molecule has 1 heterocycles. The molecule has 15 heavy (non-hydrogen) atoms. The maximum atomic E-state index is 11.8. The number of halogens is 3. The predicted octanol–water partition coefficient (Wildman–Crippen LogP) is 1.95. The first kappa shape index (κ1) is 11.5. The summed E-state index contributed by atoms with van der Waals surface area (Å²) in [6.45, 7) is 0. The van der Waals surface area contributed by atoms with Gasteiger partial charge in [0.05, 0.1) is 5.00 Å². The third-order valence-corrected chi connectivity index (χ3v) is 2.30. The van der Waals surface area contributed by atoms with Crippen molar-refractivity contribution in [3.63, 3.8) is 0 Å². The summed E-state index contributed by atoms with van der Waals surface area (Å²) in [6.07, 6.45) is -4.98. The molecular formula is C7H4F3NO3S. The van der Waals surface area contributed by atoms with Crippen molar-refractivity contribution in [3.8, 4) is 0 Å². The summed E-state index contributed by atoms with van der Waals surface area (Å²) < 4.78 is 35.3. The summed E-state index contributed by atoms with van der Waals surface area (Å²) in [5, 5.41) is 9.86. The Morgan fingerprint density at radius 3 is 2.33 bits per heavy atom. The molecule has 0 bridgehead atoms. The van der Waals surface area contributed by atoms with Gasteiger partial charge < -0.3 is 10.4 Å². The minimum atomic E-state index is -4.98. The Hall–Kier alpha value is -1.57. The first-order valence-corrected chi connectivity index (χ1v) is 4.33. The normalized spacial score (nSPS) is 11.1. The molecule has 1 rings (SSSR count). The molecule has 1 amide bonds. The number of aromatic carboxylic acids is 1. The minimum absolute atomic E-state index is 0.146. The molecule has 1 aromatic heterocycles. The molecule has 0 saturated carbocycles. The molecule has 0 radical (unpaired) electrons. The van der Waals surface area contributed by atoms with Gasteiger partial charge in [0.25, 0.3) is 0 Å². The zero-order valence-corrected chi connectivity index (χ0v) is 7.78. The molecule has 0 aliphatic rings. The zero-order chi connectivity index (χ0) is 11.6. The van der Waals surface area contributed by atoms with E-state index in [0.29, 0.717) is 11.3 Å². The number of anilines is 1. The maximum absolute atomic E-state index is 11.8. The Balaban J connectivity index is 2.74. The van der Waals surface area contributed by atoms with E-state index in [1.807, 2.05) is 0 Å². The number of carbonyl (C=O) groups excluding carboxylic acids is 1. The van der Waals surface area contributed by atoms with Crippen LogP contribution in [0.1, 0.15) is 9.67 Å². The zero-order valence-electron chi connectivity index (χ0n) is 6.96. The molecule has 1 aromatic rings. The van der Waals surface area contributed by atoms with E-state index in [2.05, 4.69) is 0 Å². The Morgan fingerprint density at radius 1 is 1.33 bits per heavy atom. The highest BCUT2D eigenvalue weighted by molar-refractivity contribution is 7.18. The third kappa shape index (κ3) is 2.94. The van der Waals surface area contributed by atoms with E-state index in [1.54, 1.807) is 5.32 Å². The van der Waals surface area contributed by atoms with Gasteiger partial charge in [-0.05, 0) is 12.1 Å². The summed E-state index contributed by atoms with van der Waals surface area (Å²) in [7, 11) is 0. The van der Waals surface area contributed by atoms with Crippen molar-refractivity contribution in [2.45, 2.75) is 6.18 Å². The van der Waals surface area contributed by atoms with Crippen molar-refractivity contribution in [2.75, 3.05) is 5.32 Å². The molecule has 2 N–H and O–H groups in total. The van der Waals surface area contributed by atoms with Crippen molar-refractivity contribution < 1.29 is 27.9 Å². The highest BCUT2D eigenvalue weighted by atomic mass is 32.1. The predicted molar refractivity (Wildman–Crippen MR) is 46.0 cm³/mol. The smallest absolute Gasteiger partial charge is 0.471 e. The van der Waals surface area contributed by atoms with Crippen LogP contribution in [0.3, 0.4) is 0 Å². The molecule has 0 saturated heterocycles. The van der Waals surface area contributed by atoms with Gasteiger partial charge in [-0.15, -0.1) is 11.3 Å². The number of amides is 1. The number of hydrogen-bond acceptors (Lipinski definition) is 3. The number of carbonyl (C=O) groups is 2. The number of rotatable bonds is 2. The Morgan fingerprint density at radius 2 is 1.93 bits per heavy atom. The quantitative estimate of drug-likeness (QED) is 0.828. The standard InChI is InChI=1S/C7H4F3NO3S/c8-7(9,10)6(14)11-4-2-1-3(15-4)5(12)13/h1-2H,(H,11,14)(H,12,13). The minimum Gasteiger partial charge on any atom is -0.477 e. The summed E-state index contributed by atoms with van der Waals surface area (Å²) in [4.78, 5) is 20.7. The Kier molecular flexibility index (Phi) is 2.98. The highest BCUT2D eigenvalue weighted by Crippen LogP contribution is 2.24. The van der Waals surface area contributed by atoms with Crippen molar-refractivity contribution in [1.82, 2.24) is 0 Å². The van der Waals surface area contributed by atoms with Crippen LogP contribution in [0, 0.1) is 0 Å². The van der Waals surface area contributed by atoms with Crippen LogP contribution in [-0.2, 0) is 4.79 Å². The second-order valence-electron chi connectivity index (χ2n) is 2.42. The van der Waals surface area contributed by atoms with E-state index in [4.69, 9.17) is 5.11 Å². The van der Waals surface area contributed by atoms with Gasteiger partial charge in [0, 0.05) is 0 Å². The van der Waals surface area contributed by atoms with Gasteiger partial charge in [0.15, 0.2) is 0 Å². The van der Waals surface area contributed by atoms with Gasteiger partial charge in [-0.2, -0.15) is 13.2 Å². The van der Waals surface area contributed by atoms with E-state index in [-0.39, 0.29) is 9.88 Å². The van der Waals surface area contributed by atoms with Crippen molar-refractivity contribution in [2.24, 2.45) is 0 Å². The van der Waals surface area contributed by atoms with Gasteiger partial charge in [-0.1, -0.05) is 0 Å². The fourth-order valence-electron chi connectivity index (χ4n) is 0.703. The summed E-state index contributed by atoms with van der Waals surface area (Å²) >= 11 is 0.554. The average Bonchev–Trinajstić information content (AvgIpc) is 2.50. The Labute approximate surface area is 85.3 Å². The lowest BCUT2D eigenvalue weighted by Crippen LogP contribution is -2.29. The van der Waals surface area contributed by atoms with Crippen LogP contribution >= 0.6 is 11.3 Å². The van der Waals surface area contributed by atoms with E-state index >= 15 is 0 Å². The lowest BCUT2D eigenvalue weighted by atomic mass is 10.4.